The largest absolute Gasteiger partial charge is 0.418 e. The summed E-state index contributed by atoms with van der Waals surface area (Å²) in [5.74, 6) is 0. The average Bonchev–Trinajstić information content (AvgIpc) is 2.65. The van der Waals surface area contributed by atoms with Crippen LogP contribution in [0.4, 0.5) is 0 Å². The second-order valence-corrected chi connectivity index (χ2v) is 12.2. The number of benzene rings is 1. The van der Waals surface area contributed by atoms with Gasteiger partial charge in [0.2, 0.25) is 0 Å². The summed E-state index contributed by atoms with van der Waals surface area (Å²) in [5.41, 5.74) is 1.91. The monoisotopic (exact) mass is 420 g/mol. The third-order valence-electron chi connectivity index (χ3n) is 6.10. The number of nitrogens with zero attached hydrogens (tertiary/aromatic N) is 2. The van der Waals surface area contributed by atoms with Gasteiger partial charge in [-0.15, -0.1) is 0 Å². The van der Waals surface area contributed by atoms with Gasteiger partial charge in [0.1, 0.15) is 0 Å². The Morgan fingerprint density at radius 3 is 1.93 bits per heavy atom. The Balaban J connectivity index is 2.84. The zero-order chi connectivity index (χ0) is 21.7. The smallest absolute Gasteiger partial charge is 0.178 e. The van der Waals surface area contributed by atoms with Crippen molar-refractivity contribution in [3.8, 4) is 0 Å². The van der Waals surface area contributed by atoms with E-state index < -0.39 is 9.04 Å². The molecule has 0 fully saturated rings. The van der Waals surface area contributed by atoms with Crippen molar-refractivity contribution in [2.24, 2.45) is 5.41 Å². The molecule has 0 amide bonds. The molecular formula is C25H48N2OSi. The molecule has 1 rings (SSSR count). The van der Waals surface area contributed by atoms with Crippen molar-refractivity contribution in [2.75, 3.05) is 41.3 Å². The summed E-state index contributed by atoms with van der Waals surface area (Å²) in [6.07, 6.45) is 8.07. The molecule has 29 heavy (non-hydrogen) atoms. The van der Waals surface area contributed by atoms with Crippen LogP contribution >= 0.6 is 0 Å². The van der Waals surface area contributed by atoms with E-state index in [4.69, 9.17) is 4.43 Å². The third-order valence-corrected chi connectivity index (χ3v) is 9.28. The van der Waals surface area contributed by atoms with Gasteiger partial charge in [0.25, 0.3) is 0 Å². The third kappa shape index (κ3) is 11.9. The van der Waals surface area contributed by atoms with Crippen molar-refractivity contribution < 1.29 is 4.43 Å². The molecule has 4 heteroatoms. The maximum Gasteiger partial charge on any atom is 0.178 e. The molecule has 0 aromatic heterocycles. The van der Waals surface area contributed by atoms with Crippen molar-refractivity contribution in [1.82, 2.24) is 9.80 Å². The Labute approximate surface area is 183 Å². The van der Waals surface area contributed by atoms with Gasteiger partial charge in [-0.05, 0) is 110 Å². The highest BCUT2D eigenvalue weighted by atomic mass is 28.3. The Hall–Kier alpha value is -0.683. The Morgan fingerprint density at radius 2 is 1.48 bits per heavy atom. The van der Waals surface area contributed by atoms with E-state index in [-0.39, 0.29) is 0 Å². The summed E-state index contributed by atoms with van der Waals surface area (Å²) in [6.45, 7) is 9.24. The van der Waals surface area contributed by atoms with E-state index >= 15 is 0 Å². The van der Waals surface area contributed by atoms with E-state index in [0.29, 0.717) is 11.5 Å². The Bertz CT molecular complexity index is 505. The summed E-state index contributed by atoms with van der Waals surface area (Å²) in [7, 11) is 7.51. The normalized spacial score (nSPS) is 13.6. The molecule has 0 aliphatic heterocycles. The molecule has 0 radical (unpaired) electrons. The van der Waals surface area contributed by atoms with Gasteiger partial charge in [-0.2, -0.15) is 0 Å². The highest BCUT2D eigenvalue weighted by molar-refractivity contribution is 6.52. The van der Waals surface area contributed by atoms with Gasteiger partial charge in [0, 0.05) is 6.10 Å². The average molecular weight is 421 g/mol. The van der Waals surface area contributed by atoms with Crippen LogP contribution < -0.4 is 0 Å². The van der Waals surface area contributed by atoms with Gasteiger partial charge in [0.05, 0.1) is 0 Å². The van der Waals surface area contributed by atoms with Crippen LogP contribution in [0.15, 0.2) is 30.3 Å². The quantitative estimate of drug-likeness (QED) is 0.330. The second-order valence-electron chi connectivity index (χ2n) is 9.70. The predicted octanol–water partition coefficient (Wildman–Crippen LogP) is 5.46. The van der Waals surface area contributed by atoms with Crippen molar-refractivity contribution in [1.29, 1.82) is 0 Å². The van der Waals surface area contributed by atoms with E-state index in [0.717, 1.165) is 0 Å². The lowest BCUT2D eigenvalue weighted by molar-refractivity contribution is 0.193. The highest BCUT2D eigenvalue weighted by Crippen LogP contribution is 2.40. The minimum atomic E-state index is -1.27. The highest BCUT2D eigenvalue weighted by Gasteiger charge is 2.32. The van der Waals surface area contributed by atoms with E-state index in [1.807, 2.05) is 0 Å². The maximum atomic E-state index is 6.60. The molecule has 3 nitrogen and oxygen atoms in total. The first-order valence-corrected chi connectivity index (χ1v) is 13.9. The fourth-order valence-electron chi connectivity index (χ4n) is 4.43. The van der Waals surface area contributed by atoms with Crippen LogP contribution in [-0.4, -0.2) is 66.2 Å². The van der Waals surface area contributed by atoms with Crippen LogP contribution in [0.5, 0.6) is 0 Å². The lowest BCUT2D eigenvalue weighted by Crippen LogP contribution is -2.33. The predicted molar refractivity (Wildman–Crippen MR) is 131 cm³/mol. The fourth-order valence-corrected chi connectivity index (χ4v) is 7.95. The minimum absolute atomic E-state index is 0.348. The second kappa shape index (κ2) is 14.3. The molecule has 0 saturated carbocycles. The molecule has 0 heterocycles. The first-order chi connectivity index (χ1) is 13.8. The SMILES string of the molecule is CCC(CCCN(C)C)(CCCN(C)C)C[SiH](CCc1ccccc1)OC(C)C. The molecule has 0 bridgehead atoms. The van der Waals surface area contributed by atoms with Crippen molar-refractivity contribution >= 4 is 9.04 Å². The van der Waals surface area contributed by atoms with E-state index in [2.05, 4.69) is 89.1 Å². The van der Waals surface area contributed by atoms with Gasteiger partial charge in [-0.3, -0.25) is 0 Å². The molecule has 0 saturated heterocycles. The van der Waals surface area contributed by atoms with Gasteiger partial charge >= 0.3 is 0 Å². The number of aryl methyl sites for hydroxylation is 1. The first-order valence-electron chi connectivity index (χ1n) is 11.7. The summed E-state index contributed by atoms with van der Waals surface area (Å²) in [6, 6.07) is 13.5. The van der Waals surface area contributed by atoms with Crippen LogP contribution in [-0.2, 0) is 10.8 Å². The molecule has 168 valence electrons. The molecule has 0 aliphatic carbocycles. The molecule has 0 spiro atoms. The van der Waals surface area contributed by atoms with Crippen molar-refractivity contribution in [2.45, 2.75) is 77.5 Å². The van der Waals surface area contributed by atoms with Gasteiger partial charge in [-0.1, -0.05) is 43.7 Å². The Kier molecular flexibility index (Phi) is 13.0. The van der Waals surface area contributed by atoms with Gasteiger partial charge in [-0.25, -0.2) is 0 Å². The maximum absolute atomic E-state index is 6.60. The topological polar surface area (TPSA) is 15.7 Å². The zero-order valence-corrected chi connectivity index (χ0v) is 21.6. The molecule has 0 aliphatic rings. The number of hydrogen-bond acceptors (Lipinski definition) is 3. The first kappa shape index (κ1) is 26.4. The zero-order valence-electron chi connectivity index (χ0n) is 20.4. The minimum Gasteiger partial charge on any atom is -0.418 e. The molecule has 1 unspecified atom stereocenters. The molecule has 1 atom stereocenters. The number of hydrogen-bond donors (Lipinski definition) is 0. The van der Waals surface area contributed by atoms with Crippen LogP contribution in [0.2, 0.25) is 12.1 Å². The van der Waals surface area contributed by atoms with Gasteiger partial charge in [0.15, 0.2) is 9.04 Å². The molecule has 0 N–H and O–H groups in total. The molecule has 1 aromatic carbocycles. The summed E-state index contributed by atoms with van der Waals surface area (Å²) in [5, 5.41) is 0. The van der Waals surface area contributed by atoms with Crippen LogP contribution in [0.1, 0.15) is 58.4 Å². The molecular weight excluding hydrogens is 372 g/mol. The van der Waals surface area contributed by atoms with Crippen LogP contribution in [0.25, 0.3) is 0 Å². The summed E-state index contributed by atoms with van der Waals surface area (Å²) in [4.78, 5) is 4.66. The molecule has 1 aromatic rings. The fraction of sp³-hybridized carbons (Fsp3) is 0.760. The van der Waals surface area contributed by atoms with Gasteiger partial charge < -0.3 is 14.2 Å². The van der Waals surface area contributed by atoms with E-state index in [1.165, 1.54) is 69.3 Å². The van der Waals surface area contributed by atoms with E-state index in [1.54, 1.807) is 0 Å². The lowest BCUT2D eigenvalue weighted by Gasteiger charge is -2.37. The van der Waals surface area contributed by atoms with Crippen LogP contribution in [0.3, 0.4) is 0 Å². The standard InChI is InChI=1S/C25H48N2OSi/c1-8-25(17-12-19-26(4)5,18-13-20-27(6)7)22-29(28-23(2)3)21-16-24-14-10-9-11-15-24/h9-11,14-15,23,29H,8,12-13,16-22H2,1-7H3. The lowest BCUT2D eigenvalue weighted by atomic mass is 9.78. The number of rotatable bonds is 16. The summed E-state index contributed by atoms with van der Waals surface area (Å²) >= 11 is 0. The van der Waals surface area contributed by atoms with Crippen LogP contribution in [0, 0.1) is 5.41 Å². The van der Waals surface area contributed by atoms with Crippen molar-refractivity contribution in [3.05, 3.63) is 35.9 Å². The Morgan fingerprint density at radius 1 is 0.931 bits per heavy atom. The van der Waals surface area contributed by atoms with E-state index in [9.17, 15) is 0 Å². The summed E-state index contributed by atoms with van der Waals surface area (Å²) < 4.78 is 6.60. The van der Waals surface area contributed by atoms with Crippen molar-refractivity contribution in [3.63, 3.8) is 0 Å².